The topological polar surface area (TPSA) is 12.0 Å². The third kappa shape index (κ3) is 5.46. The maximum atomic E-state index is 3.61. The average molecular weight is 304 g/mol. The van der Waals surface area contributed by atoms with Crippen LogP contribution in [0.1, 0.15) is 43.4 Å². The van der Waals surface area contributed by atoms with Gasteiger partial charge in [0.2, 0.25) is 0 Å². The quantitative estimate of drug-likeness (QED) is 0.788. The SMILES string of the molecule is Cc1cc(Br)c(CCCCNC(C)(C)C)s1. The number of aryl methyl sites for hydroxylation is 2. The van der Waals surface area contributed by atoms with Gasteiger partial charge in [-0.3, -0.25) is 0 Å². The van der Waals surface area contributed by atoms with Crippen LogP contribution in [0.2, 0.25) is 0 Å². The molecule has 0 aliphatic rings. The van der Waals surface area contributed by atoms with Crippen LogP contribution in [0, 0.1) is 6.92 Å². The fourth-order valence-electron chi connectivity index (χ4n) is 1.58. The Kier molecular flexibility index (Phi) is 5.48. The predicted octanol–water partition coefficient (Wildman–Crippen LogP) is 4.53. The van der Waals surface area contributed by atoms with Gasteiger partial charge in [0.05, 0.1) is 0 Å². The van der Waals surface area contributed by atoms with E-state index >= 15 is 0 Å². The summed E-state index contributed by atoms with van der Waals surface area (Å²) in [4.78, 5) is 2.89. The Labute approximate surface area is 112 Å². The van der Waals surface area contributed by atoms with E-state index in [0.717, 1.165) is 6.54 Å². The van der Waals surface area contributed by atoms with Crippen LogP contribution in [-0.2, 0) is 6.42 Å². The zero-order valence-corrected chi connectivity index (χ0v) is 13.1. The van der Waals surface area contributed by atoms with E-state index in [1.54, 1.807) is 0 Å². The highest BCUT2D eigenvalue weighted by molar-refractivity contribution is 9.10. The van der Waals surface area contributed by atoms with Gasteiger partial charge in [-0.2, -0.15) is 0 Å². The summed E-state index contributed by atoms with van der Waals surface area (Å²) in [6.45, 7) is 9.93. The van der Waals surface area contributed by atoms with E-state index in [1.807, 2.05) is 11.3 Å². The summed E-state index contributed by atoms with van der Waals surface area (Å²) in [5, 5.41) is 3.52. The van der Waals surface area contributed by atoms with E-state index in [0.29, 0.717) is 0 Å². The standard InChI is InChI=1S/C13H22BrNS/c1-10-9-11(14)12(16-10)7-5-6-8-15-13(2,3)4/h9,15H,5-8H2,1-4H3. The minimum absolute atomic E-state index is 0.250. The third-order valence-corrected chi connectivity index (χ3v) is 4.45. The molecule has 0 saturated carbocycles. The van der Waals surface area contributed by atoms with Crippen LogP contribution in [0.4, 0.5) is 0 Å². The smallest absolute Gasteiger partial charge is 0.0317 e. The summed E-state index contributed by atoms with van der Waals surface area (Å²) < 4.78 is 1.29. The number of rotatable bonds is 5. The molecule has 0 amide bonds. The number of hydrogen-bond donors (Lipinski definition) is 1. The Balaban J connectivity index is 2.19. The van der Waals surface area contributed by atoms with Gasteiger partial charge in [0.15, 0.2) is 0 Å². The van der Waals surface area contributed by atoms with Crippen molar-refractivity contribution in [3.8, 4) is 0 Å². The summed E-state index contributed by atoms with van der Waals surface area (Å²) >= 11 is 5.52. The van der Waals surface area contributed by atoms with E-state index in [4.69, 9.17) is 0 Å². The highest BCUT2D eigenvalue weighted by Crippen LogP contribution is 2.28. The molecule has 1 aromatic rings. The van der Waals surface area contributed by atoms with Crippen molar-refractivity contribution in [3.05, 3.63) is 20.3 Å². The van der Waals surface area contributed by atoms with Crippen LogP contribution in [0.25, 0.3) is 0 Å². The Hall–Kier alpha value is 0.140. The van der Waals surface area contributed by atoms with Crippen molar-refractivity contribution in [3.63, 3.8) is 0 Å². The van der Waals surface area contributed by atoms with E-state index in [-0.39, 0.29) is 5.54 Å². The molecule has 92 valence electrons. The molecule has 1 rings (SSSR count). The number of halogens is 1. The maximum Gasteiger partial charge on any atom is 0.0317 e. The second-order valence-corrected chi connectivity index (χ2v) is 7.46. The van der Waals surface area contributed by atoms with Crippen molar-refractivity contribution < 1.29 is 0 Å². The molecule has 1 aromatic heterocycles. The van der Waals surface area contributed by atoms with Crippen molar-refractivity contribution in [2.24, 2.45) is 0 Å². The Bertz CT molecular complexity index is 325. The zero-order chi connectivity index (χ0) is 12.2. The molecular formula is C13H22BrNS. The minimum Gasteiger partial charge on any atom is -0.312 e. The molecule has 1 heterocycles. The second kappa shape index (κ2) is 6.18. The maximum absolute atomic E-state index is 3.61. The Morgan fingerprint density at radius 1 is 1.31 bits per heavy atom. The summed E-state index contributed by atoms with van der Waals surface area (Å²) in [5.74, 6) is 0. The molecule has 1 nitrogen and oxygen atoms in total. The molecule has 0 radical (unpaired) electrons. The highest BCUT2D eigenvalue weighted by atomic mass is 79.9. The Morgan fingerprint density at radius 2 is 2.00 bits per heavy atom. The van der Waals surface area contributed by atoms with Gasteiger partial charge < -0.3 is 5.32 Å². The van der Waals surface area contributed by atoms with Crippen molar-refractivity contribution in [1.29, 1.82) is 0 Å². The van der Waals surface area contributed by atoms with Gasteiger partial charge >= 0.3 is 0 Å². The molecule has 1 N–H and O–H groups in total. The molecular weight excluding hydrogens is 282 g/mol. The minimum atomic E-state index is 0.250. The number of thiophene rings is 1. The van der Waals surface area contributed by atoms with Gasteiger partial charge in [0, 0.05) is 19.8 Å². The number of nitrogens with one attached hydrogen (secondary N) is 1. The summed E-state index contributed by atoms with van der Waals surface area (Å²) in [5.41, 5.74) is 0.250. The number of hydrogen-bond acceptors (Lipinski definition) is 2. The van der Waals surface area contributed by atoms with Crippen molar-refractivity contribution in [1.82, 2.24) is 5.32 Å². The molecule has 0 aliphatic heterocycles. The first kappa shape index (κ1) is 14.2. The van der Waals surface area contributed by atoms with Gasteiger partial charge in [-0.1, -0.05) is 0 Å². The highest BCUT2D eigenvalue weighted by Gasteiger charge is 2.08. The van der Waals surface area contributed by atoms with Crippen LogP contribution >= 0.6 is 27.3 Å². The first-order valence-corrected chi connectivity index (χ1v) is 7.49. The van der Waals surface area contributed by atoms with Gasteiger partial charge in [0.1, 0.15) is 0 Å². The lowest BCUT2D eigenvalue weighted by atomic mass is 10.1. The van der Waals surface area contributed by atoms with Crippen molar-refractivity contribution in [2.45, 2.75) is 52.5 Å². The van der Waals surface area contributed by atoms with Crippen molar-refractivity contribution >= 4 is 27.3 Å². The van der Waals surface area contributed by atoms with E-state index < -0.39 is 0 Å². The molecule has 0 saturated heterocycles. The molecule has 0 fully saturated rings. The van der Waals surface area contributed by atoms with Gasteiger partial charge in [-0.05, 0) is 75.5 Å². The first-order valence-electron chi connectivity index (χ1n) is 5.88. The fourth-order valence-corrected chi connectivity index (χ4v) is 3.48. The third-order valence-electron chi connectivity index (χ3n) is 2.37. The van der Waals surface area contributed by atoms with E-state index in [2.05, 4.69) is 55.0 Å². The zero-order valence-electron chi connectivity index (χ0n) is 10.7. The molecule has 0 spiro atoms. The Morgan fingerprint density at radius 3 is 2.50 bits per heavy atom. The molecule has 3 heteroatoms. The van der Waals surface area contributed by atoms with E-state index in [1.165, 1.54) is 33.5 Å². The van der Waals surface area contributed by atoms with Crippen molar-refractivity contribution in [2.75, 3.05) is 6.54 Å². The van der Waals surface area contributed by atoms with Crippen LogP contribution in [0.5, 0.6) is 0 Å². The van der Waals surface area contributed by atoms with Crippen LogP contribution in [0.3, 0.4) is 0 Å². The fraction of sp³-hybridized carbons (Fsp3) is 0.692. The predicted molar refractivity (Wildman–Crippen MR) is 77.4 cm³/mol. The normalized spacial score (nSPS) is 12.1. The molecule has 16 heavy (non-hydrogen) atoms. The lowest BCUT2D eigenvalue weighted by Gasteiger charge is -2.20. The molecule has 0 atom stereocenters. The second-order valence-electron chi connectivity index (χ2n) is 5.26. The summed E-state index contributed by atoms with van der Waals surface area (Å²) in [7, 11) is 0. The molecule has 0 bridgehead atoms. The molecule has 0 aliphatic carbocycles. The van der Waals surface area contributed by atoms with E-state index in [9.17, 15) is 0 Å². The first-order chi connectivity index (χ1) is 7.38. The lowest BCUT2D eigenvalue weighted by molar-refractivity contribution is 0.419. The largest absolute Gasteiger partial charge is 0.312 e. The van der Waals surface area contributed by atoms with Crippen LogP contribution < -0.4 is 5.32 Å². The van der Waals surface area contributed by atoms with Gasteiger partial charge in [-0.15, -0.1) is 11.3 Å². The summed E-state index contributed by atoms with van der Waals surface area (Å²) in [6, 6.07) is 2.22. The van der Waals surface area contributed by atoms with Gasteiger partial charge in [-0.25, -0.2) is 0 Å². The van der Waals surface area contributed by atoms with Crippen LogP contribution in [-0.4, -0.2) is 12.1 Å². The van der Waals surface area contributed by atoms with Crippen LogP contribution in [0.15, 0.2) is 10.5 Å². The monoisotopic (exact) mass is 303 g/mol. The molecule has 0 unspecified atom stereocenters. The summed E-state index contributed by atoms with van der Waals surface area (Å²) in [6.07, 6.45) is 3.72. The average Bonchev–Trinajstić information content (AvgIpc) is 2.42. The number of unbranched alkanes of at least 4 members (excludes halogenated alkanes) is 1. The van der Waals surface area contributed by atoms with Gasteiger partial charge in [0.25, 0.3) is 0 Å². The lowest BCUT2D eigenvalue weighted by Crippen LogP contribution is -2.36. The molecule has 0 aromatic carbocycles.